The van der Waals surface area contributed by atoms with Crippen LogP contribution in [0.2, 0.25) is 5.02 Å². The van der Waals surface area contributed by atoms with Crippen LogP contribution in [-0.4, -0.2) is 76.1 Å². The molecule has 42 heavy (non-hydrogen) atoms. The maximum absolute atomic E-state index is 14.5. The van der Waals surface area contributed by atoms with Gasteiger partial charge in [0.05, 0.1) is 17.4 Å². The van der Waals surface area contributed by atoms with Gasteiger partial charge in [-0.15, -0.1) is 13.2 Å². The molecule has 5 atom stereocenters. The van der Waals surface area contributed by atoms with E-state index in [9.17, 15) is 19.5 Å². The maximum atomic E-state index is 14.5. The quantitative estimate of drug-likeness (QED) is 0.373. The van der Waals surface area contributed by atoms with Gasteiger partial charge in [-0.05, 0) is 56.0 Å². The molecule has 2 aromatic carbocycles. The van der Waals surface area contributed by atoms with Gasteiger partial charge in [0.15, 0.2) is 0 Å². The van der Waals surface area contributed by atoms with Crippen LogP contribution >= 0.6 is 11.6 Å². The van der Waals surface area contributed by atoms with Gasteiger partial charge in [-0.3, -0.25) is 14.4 Å². The molecular weight excluding hydrogens is 554 g/mol. The van der Waals surface area contributed by atoms with Gasteiger partial charge >= 0.3 is 0 Å². The number of aliphatic hydroxyl groups is 1. The van der Waals surface area contributed by atoms with E-state index in [1.54, 1.807) is 46.2 Å². The van der Waals surface area contributed by atoms with Crippen molar-refractivity contribution in [3.05, 3.63) is 90.5 Å². The number of ether oxygens (including phenoxy) is 1. The Labute approximate surface area is 252 Å². The zero-order valence-electron chi connectivity index (χ0n) is 24.0. The minimum absolute atomic E-state index is 0.138. The maximum Gasteiger partial charge on any atom is 0.253 e. The molecule has 2 unspecified atom stereocenters. The monoisotopic (exact) mass is 591 g/mol. The van der Waals surface area contributed by atoms with Crippen molar-refractivity contribution in [3.63, 3.8) is 0 Å². The highest BCUT2D eigenvalue weighted by atomic mass is 35.5. The van der Waals surface area contributed by atoms with E-state index in [4.69, 9.17) is 16.3 Å². The third kappa shape index (κ3) is 5.06. The number of halogens is 1. The summed E-state index contributed by atoms with van der Waals surface area (Å²) in [7, 11) is 0. The molecule has 2 bridgehead atoms. The van der Waals surface area contributed by atoms with E-state index in [0.29, 0.717) is 43.1 Å². The molecule has 222 valence electrons. The van der Waals surface area contributed by atoms with Gasteiger partial charge in [0.25, 0.3) is 5.91 Å². The molecule has 0 radical (unpaired) electrons. The van der Waals surface area contributed by atoms with Crippen molar-refractivity contribution >= 4 is 35.0 Å². The number of aliphatic hydroxyl groups excluding tert-OH is 1. The third-order valence-corrected chi connectivity index (χ3v) is 9.18. The fourth-order valence-corrected chi connectivity index (χ4v) is 7.30. The molecule has 8 nitrogen and oxygen atoms in total. The first-order chi connectivity index (χ1) is 20.2. The SMILES string of the molecule is C=CCN(Cc1ccccc1)C(=O)[C@@H]1[C@H]2C(=O)N(CCCO)C(C(=O)N(CC=C)c3ccc(Cl)cc3)C23CC[C@@]1(C)O3. The zero-order valence-corrected chi connectivity index (χ0v) is 24.7. The largest absolute Gasteiger partial charge is 0.396 e. The first kappa shape index (κ1) is 30.0. The van der Waals surface area contributed by atoms with E-state index in [-0.39, 0.29) is 37.4 Å². The molecule has 3 heterocycles. The summed E-state index contributed by atoms with van der Waals surface area (Å²) in [5.74, 6) is -2.36. The Kier molecular flexibility index (Phi) is 8.60. The molecule has 1 spiro atoms. The molecule has 5 rings (SSSR count). The lowest BCUT2D eigenvalue weighted by molar-refractivity contribution is -0.150. The molecule has 1 N–H and O–H groups in total. The molecule has 3 fully saturated rings. The summed E-state index contributed by atoms with van der Waals surface area (Å²) in [5.41, 5.74) is -0.490. The van der Waals surface area contributed by atoms with Crippen molar-refractivity contribution < 1.29 is 24.2 Å². The minimum Gasteiger partial charge on any atom is -0.396 e. The number of rotatable bonds is 12. The fourth-order valence-electron chi connectivity index (χ4n) is 7.17. The Morgan fingerprint density at radius 2 is 1.76 bits per heavy atom. The fraction of sp³-hybridized carbons (Fsp3) is 0.424. The number of carbonyl (C=O) groups excluding carboxylic acids is 3. The van der Waals surface area contributed by atoms with Gasteiger partial charge in [0.1, 0.15) is 11.6 Å². The van der Waals surface area contributed by atoms with Crippen LogP contribution in [0.25, 0.3) is 0 Å². The summed E-state index contributed by atoms with van der Waals surface area (Å²) in [5, 5.41) is 10.2. The number of carbonyl (C=O) groups is 3. The lowest BCUT2D eigenvalue weighted by Crippen LogP contribution is -2.56. The van der Waals surface area contributed by atoms with Gasteiger partial charge in [-0.25, -0.2) is 0 Å². The van der Waals surface area contributed by atoms with Crippen molar-refractivity contribution in [2.24, 2.45) is 11.8 Å². The molecule has 0 saturated carbocycles. The van der Waals surface area contributed by atoms with Crippen molar-refractivity contribution in [1.82, 2.24) is 9.80 Å². The van der Waals surface area contributed by atoms with Crippen molar-refractivity contribution in [3.8, 4) is 0 Å². The lowest BCUT2D eigenvalue weighted by Gasteiger charge is -2.37. The molecular formula is C33H38ClN3O5. The Balaban J connectivity index is 1.54. The first-order valence-electron chi connectivity index (χ1n) is 14.4. The lowest BCUT2D eigenvalue weighted by atomic mass is 9.66. The summed E-state index contributed by atoms with van der Waals surface area (Å²) < 4.78 is 6.79. The van der Waals surface area contributed by atoms with E-state index in [2.05, 4.69) is 13.2 Å². The standard InChI is InChI=1S/C33H38ClN3O5/c1-4-18-35(22-23-10-7-6-8-11-23)29(39)26-27-30(40)37(20-9-21-38)28(33(27)17-16-32(26,3)42-33)31(41)36(19-5-2)25-14-12-24(34)13-15-25/h4-8,10-15,26-28,38H,1-2,9,16-22H2,3H3/t26-,27-,28?,32+,33?/m0/s1. The molecule has 3 aliphatic rings. The summed E-state index contributed by atoms with van der Waals surface area (Å²) >= 11 is 6.12. The highest BCUT2D eigenvalue weighted by molar-refractivity contribution is 6.30. The predicted octanol–water partition coefficient (Wildman–Crippen LogP) is 4.22. The highest BCUT2D eigenvalue weighted by Gasteiger charge is 2.78. The molecule has 9 heteroatoms. The van der Waals surface area contributed by atoms with Crippen molar-refractivity contribution in [1.29, 1.82) is 0 Å². The molecule has 3 saturated heterocycles. The van der Waals surface area contributed by atoms with Crippen LogP contribution in [0.15, 0.2) is 79.9 Å². The predicted molar refractivity (Wildman–Crippen MR) is 162 cm³/mol. The van der Waals surface area contributed by atoms with Gasteiger partial charge in [-0.2, -0.15) is 0 Å². The van der Waals surface area contributed by atoms with Crippen LogP contribution in [0.1, 0.15) is 31.7 Å². The zero-order chi connectivity index (χ0) is 30.1. The van der Waals surface area contributed by atoms with Crippen molar-refractivity contribution in [2.75, 3.05) is 31.1 Å². The number of anilines is 1. The van der Waals surface area contributed by atoms with E-state index in [1.807, 2.05) is 37.3 Å². The summed E-state index contributed by atoms with van der Waals surface area (Å²) in [4.78, 5) is 48.0. The minimum atomic E-state index is -1.17. The van der Waals surface area contributed by atoms with Gasteiger partial charge in [0.2, 0.25) is 11.8 Å². The second kappa shape index (κ2) is 12.0. The second-order valence-electron chi connectivity index (χ2n) is 11.5. The van der Waals surface area contributed by atoms with E-state index < -0.39 is 29.1 Å². The number of benzene rings is 2. The molecule has 0 aromatic heterocycles. The summed E-state index contributed by atoms with van der Waals surface area (Å²) in [6, 6.07) is 15.7. The third-order valence-electron chi connectivity index (χ3n) is 8.93. The van der Waals surface area contributed by atoms with Crippen LogP contribution in [0.3, 0.4) is 0 Å². The summed E-state index contributed by atoms with van der Waals surface area (Å²) in [6.45, 7) is 10.5. The van der Waals surface area contributed by atoms with Crippen LogP contribution in [0.5, 0.6) is 0 Å². The van der Waals surface area contributed by atoms with E-state index >= 15 is 0 Å². The highest BCUT2D eigenvalue weighted by Crippen LogP contribution is 2.63. The van der Waals surface area contributed by atoms with Gasteiger partial charge < -0.3 is 24.5 Å². The van der Waals surface area contributed by atoms with Crippen LogP contribution < -0.4 is 4.90 Å². The van der Waals surface area contributed by atoms with Crippen LogP contribution in [0.4, 0.5) is 5.69 Å². The van der Waals surface area contributed by atoms with Gasteiger partial charge in [-0.1, -0.05) is 54.1 Å². The number of hydrogen-bond acceptors (Lipinski definition) is 5. The topological polar surface area (TPSA) is 90.4 Å². The number of amides is 3. The van der Waals surface area contributed by atoms with Crippen LogP contribution in [0, 0.1) is 11.8 Å². The summed E-state index contributed by atoms with van der Waals surface area (Å²) in [6.07, 6.45) is 4.63. The number of nitrogens with zero attached hydrogens (tertiary/aromatic N) is 3. The van der Waals surface area contributed by atoms with Gasteiger partial charge in [0, 0.05) is 43.5 Å². The van der Waals surface area contributed by atoms with Crippen molar-refractivity contribution in [2.45, 2.75) is 50.0 Å². The van der Waals surface area contributed by atoms with Crippen LogP contribution in [-0.2, 0) is 25.7 Å². The Hall–Kier alpha value is -3.46. The smallest absolute Gasteiger partial charge is 0.253 e. The second-order valence-corrected chi connectivity index (χ2v) is 12.0. The number of likely N-dealkylation sites (tertiary alicyclic amines) is 1. The Bertz CT molecular complexity index is 1350. The molecule has 2 aromatic rings. The average Bonchev–Trinajstić information content (AvgIpc) is 3.55. The Morgan fingerprint density at radius 3 is 2.40 bits per heavy atom. The Morgan fingerprint density at radius 1 is 1.07 bits per heavy atom. The number of hydrogen-bond donors (Lipinski definition) is 1. The first-order valence-corrected chi connectivity index (χ1v) is 14.8. The molecule has 0 aliphatic carbocycles. The molecule has 3 aliphatic heterocycles. The van der Waals surface area contributed by atoms with E-state index in [0.717, 1.165) is 5.56 Å². The normalized spacial score (nSPS) is 27.5. The number of fused-ring (bicyclic) bond motifs is 1. The van der Waals surface area contributed by atoms with E-state index in [1.165, 1.54) is 4.90 Å². The average molecular weight is 592 g/mol. The molecule has 3 amide bonds.